The van der Waals surface area contributed by atoms with E-state index in [9.17, 15) is 0 Å². The van der Waals surface area contributed by atoms with E-state index in [4.69, 9.17) is 22.3 Å². The van der Waals surface area contributed by atoms with E-state index in [0.29, 0.717) is 24.5 Å². The molecule has 0 amide bonds. The minimum Gasteiger partial charge on any atom is -0.387 e. The Balaban J connectivity index is 1.38. The molecule has 0 fully saturated rings. The maximum Gasteiger partial charge on any atom is 0.166 e. The molecule has 0 aliphatic heterocycles. The number of hydrogen-bond acceptors (Lipinski definition) is 4. The number of benzene rings is 2. The third-order valence-electron chi connectivity index (χ3n) is 7.74. The van der Waals surface area contributed by atoms with Crippen LogP contribution in [-0.2, 0) is 7.05 Å². The van der Waals surface area contributed by atoms with Gasteiger partial charge < -0.3 is 16.0 Å². The predicted octanol–water partition coefficient (Wildman–Crippen LogP) is 5.67. The molecule has 1 aromatic heterocycles. The summed E-state index contributed by atoms with van der Waals surface area (Å²) < 4.78 is 32.1. The van der Waals surface area contributed by atoms with Gasteiger partial charge in [0.25, 0.3) is 0 Å². The van der Waals surface area contributed by atoms with E-state index in [1.807, 2.05) is 24.3 Å². The molecular weight excluding hydrogens is 484 g/mol. The molecule has 2 aliphatic carbocycles. The Bertz CT molecular complexity index is 1380. The first kappa shape index (κ1) is 25.5. The number of nitrogens with two attached hydrogens (primary N) is 2. The molecule has 7 nitrogen and oxygen atoms in total. The Morgan fingerprint density at radius 3 is 1.53 bits per heavy atom. The Hall–Kier alpha value is -4.14. The molecule has 0 bridgehead atoms. The number of nitrogens with zero attached hydrogens (tertiary/aromatic N) is 3. The highest BCUT2D eigenvalue weighted by Gasteiger charge is 2.22. The molecule has 0 radical (unpaired) electrons. The van der Waals surface area contributed by atoms with Gasteiger partial charge >= 0.3 is 0 Å². The van der Waals surface area contributed by atoms with Gasteiger partial charge in [0, 0.05) is 18.9 Å². The second-order valence-electron chi connectivity index (χ2n) is 10.1. The average molecular weight is 516 g/mol. The van der Waals surface area contributed by atoms with Crippen molar-refractivity contribution in [3.05, 3.63) is 71.3 Å². The first-order valence-electron chi connectivity index (χ1n) is 12.8. The van der Waals surface area contributed by atoms with Crippen molar-refractivity contribution in [2.45, 2.75) is 38.5 Å². The summed E-state index contributed by atoms with van der Waals surface area (Å²) in [7, 11) is 1.70. The summed E-state index contributed by atoms with van der Waals surface area (Å²) in [5, 5.41) is 23.6. The Labute approximate surface area is 220 Å². The zero-order chi connectivity index (χ0) is 27.0. The molecule has 3 aromatic rings. The van der Waals surface area contributed by atoms with Crippen molar-refractivity contribution in [1.82, 2.24) is 14.8 Å². The number of nitrogens with one attached hydrogen (secondary N) is 2. The second-order valence-corrected chi connectivity index (χ2v) is 10.1. The summed E-state index contributed by atoms with van der Waals surface area (Å²) in [6.45, 7) is 0. The molecule has 6 N–H and O–H groups in total. The molecule has 2 atom stereocenters. The van der Waals surface area contributed by atoms with Gasteiger partial charge in [0.1, 0.15) is 11.6 Å². The smallest absolute Gasteiger partial charge is 0.166 e. The van der Waals surface area contributed by atoms with Crippen LogP contribution in [0.15, 0.2) is 48.6 Å². The van der Waals surface area contributed by atoms with Crippen molar-refractivity contribution in [2.24, 2.45) is 30.4 Å². The summed E-state index contributed by atoms with van der Waals surface area (Å²) in [4.78, 5) is 0. The SMILES string of the molecule is Cn1c(-c2ccc(C3=CCC(C(=N)N)CC3)cc2F)nnc1-c1ccc(C2=CCC(C(=N)N)CC2)cc1F. The molecule has 0 saturated carbocycles. The molecule has 2 aliphatic rings. The third kappa shape index (κ3) is 4.88. The van der Waals surface area contributed by atoms with Crippen molar-refractivity contribution in [2.75, 3.05) is 0 Å². The van der Waals surface area contributed by atoms with Crippen molar-refractivity contribution in [1.29, 1.82) is 10.8 Å². The molecule has 5 rings (SSSR count). The van der Waals surface area contributed by atoms with E-state index in [1.165, 1.54) is 12.1 Å². The number of halogens is 2. The number of aromatic nitrogens is 3. The second kappa shape index (κ2) is 10.3. The zero-order valence-corrected chi connectivity index (χ0v) is 21.3. The largest absolute Gasteiger partial charge is 0.387 e. The maximum atomic E-state index is 15.2. The molecule has 196 valence electrons. The standard InChI is InChI=1S/C29H31F2N7/c1-38-28(22-12-10-20(14-24(22)30)16-2-6-18(7-3-16)26(32)33)36-37-29(38)23-13-11-21(15-25(23)31)17-4-8-19(9-5-17)27(34)35/h2,4,10-15,18-19H,3,5-9H2,1H3,(H3,32,33)(H3,34,35). The van der Waals surface area contributed by atoms with Gasteiger partial charge in [-0.25, -0.2) is 8.78 Å². The van der Waals surface area contributed by atoms with Crippen LogP contribution in [0.5, 0.6) is 0 Å². The van der Waals surface area contributed by atoms with Gasteiger partial charge in [0.2, 0.25) is 0 Å². The van der Waals surface area contributed by atoms with Gasteiger partial charge in [-0.1, -0.05) is 24.3 Å². The summed E-state index contributed by atoms with van der Waals surface area (Å²) in [6.07, 6.45) is 8.45. The Morgan fingerprint density at radius 1 is 0.789 bits per heavy atom. The fourth-order valence-corrected chi connectivity index (χ4v) is 5.35. The van der Waals surface area contributed by atoms with Gasteiger partial charge in [-0.05, 0) is 85.1 Å². The highest BCUT2D eigenvalue weighted by Crippen LogP contribution is 2.35. The van der Waals surface area contributed by atoms with Gasteiger partial charge in [-0.15, -0.1) is 10.2 Å². The predicted molar refractivity (Wildman–Crippen MR) is 146 cm³/mol. The lowest BCUT2D eigenvalue weighted by Crippen LogP contribution is -2.23. The van der Waals surface area contributed by atoms with Gasteiger partial charge in [-0.3, -0.25) is 10.8 Å². The average Bonchev–Trinajstić information content (AvgIpc) is 3.29. The fraction of sp³-hybridized carbons (Fsp3) is 0.310. The van der Waals surface area contributed by atoms with Crippen LogP contribution >= 0.6 is 0 Å². The van der Waals surface area contributed by atoms with E-state index in [-0.39, 0.29) is 34.6 Å². The van der Waals surface area contributed by atoms with Gasteiger partial charge in [0.15, 0.2) is 11.6 Å². The van der Waals surface area contributed by atoms with Gasteiger partial charge in [0.05, 0.1) is 22.8 Å². The van der Waals surface area contributed by atoms with Crippen LogP contribution in [0.4, 0.5) is 8.78 Å². The molecule has 2 aromatic carbocycles. The molecule has 9 heteroatoms. The Morgan fingerprint density at radius 2 is 1.21 bits per heavy atom. The first-order valence-corrected chi connectivity index (χ1v) is 12.8. The van der Waals surface area contributed by atoms with Crippen molar-refractivity contribution >= 4 is 22.8 Å². The minimum absolute atomic E-state index is 0.0490. The number of hydrogen-bond donors (Lipinski definition) is 4. The fourth-order valence-electron chi connectivity index (χ4n) is 5.35. The minimum atomic E-state index is -0.428. The molecule has 2 unspecified atom stereocenters. The molecule has 38 heavy (non-hydrogen) atoms. The van der Waals surface area contributed by atoms with Crippen molar-refractivity contribution < 1.29 is 8.78 Å². The lowest BCUT2D eigenvalue weighted by atomic mass is 9.86. The number of allylic oxidation sites excluding steroid dienone is 4. The highest BCUT2D eigenvalue weighted by atomic mass is 19.1. The molecular formula is C29H31F2N7. The maximum absolute atomic E-state index is 15.2. The molecule has 1 heterocycles. The van der Waals surface area contributed by atoms with Crippen LogP contribution < -0.4 is 11.5 Å². The van der Waals surface area contributed by atoms with E-state index >= 15 is 8.78 Å². The van der Waals surface area contributed by atoms with Gasteiger partial charge in [-0.2, -0.15) is 0 Å². The van der Waals surface area contributed by atoms with Crippen molar-refractivity contribution in [3.8, 4) is 22.8 Å². The van der Waals surface area contributed by atoms with Crippen LogP contribution in [0, 0.1) is 34.3 Å². The molecule has 0 spiro atoms. The lowest BCUT2D eigenvalue weighted by molar-refractivity contribution is 0.614. The van der Waals surface area contributed by atoms with E-state index in [2.05, 4.69) is 10.2 Å². The lowest BCUT2D eigenvalue weighted by Gasteiger charge is -2.21. The summed E-state index contributed by atoms with van der Waals surface area (Å²) in [5.74, 6) is 0.255. The van der Waals surface area contributed by atoms with Crippen LogP contribution in [-0.4, -0.2) is 26.4 Å². The summed E-state index contributed by atoms with van der Waals surface area (Å²) in [5.41, 5.74) is 15.5. The van der Waals surface area contributed by atoms with E-state index < -0.39 is 11.6 Å². The number of amidine groups is 2. The highest BCUT2D eigenvalue weighted by molar-refractivity contribution is 5.82. The Kier molecular flexibility index (Phi) is 6.93. The normalized spacial score (nSPS) is 19.6. The van der Waals surface area contributed by atoms with E-state index in [1.54, 1.807) is 23.7 Å². The summed E-state index contributed by atoms with van der Waals surface area (Å²) in [6, 6.07) is 10.1. The summed E-state index contributed by atoms with van der Waals surface area (Å²) >= 11 is 0. The topological polar surface area (TPSA) is 130 Å². The molecule has 0 saturated heterocycles. The number of rotatable bonds is 6. The quantitative estimate of drug-likeness (QED) is 0.249. The van der Waals surface area contributed by atoms with Crippen LogP contribution in [0.1, 0.15) is 49.7 Å². The third-order valence-corrected chi connectivity index (χ3v) is 7.74. The first-order chi connectivity index (χ1) is 18.2. The van der Waals surface area contributed by atoms with Crippen LogP contribution in [0.2, 0.25) is 0 Å². The van der Waals surface area contributed by atoms with Crippen molar-refractivity contribution in [3.63, 3.8) is 0 Å². The monoisotopic (exact) mass is 515 g/mol. The van der Waals surface area contributed by atoms with Crippen LogP contribution in [0.3, 0.4) is 0 Å². The van der Waals surface area contributed by atoms with Crippen LogP contribution in [0.25, 0.3) is 33.9 Å². The zero-order valence-electron chi connectivity index (χ0n) is 21.3. The van der Waals surface area contributed by atoms with E-state index in [0.717, 1.165) is 48.0 Å².